The van der Waals surface area contributed by atoms with Gasteiger partial charge in [0.05, 0.1) is 15.5 Å². The second-order valence-electron chi connectivity index (χ2n) is 5.69. The fourth-order valence-electron chi connectivity index (χ4n) is 2.52. The summed E-state index contributed by atoms with van der Waals surface area (Å²) in [5, 5.41) is 2.00. The van der Waals surface area contributed by atoms with Gasteiger partial charge in [-0.3, -0.25) is 0 Å². The molecule has 6 nitrogen and oxygen atoms in total. The Morgan fingerprint density at radius 1 is 0.852 bits per heavy atom. The number of anilines is 1. The van der Waals surface area contributed by atoms with Crippen molar-refractivity contribution in [2.45, 2.75) is 16.2 Å². The molecule has 2 aromatic carbocycles. The average Bonchev–Trinajstić information content (AvgIpc) is 3.20. The van der Waals surface area contributed by atoms with Gasteiger partial charge in [0.2, 0.25) is 0 Å². The summed E-state index contributed by atoms with van der Waals surface area (Å²) in [6.07, 6.45) is 1.68. The minimum atomic E-state index is -3.82. The number of thiazole rings is 1. The maximum absolute atomic E-state index is 13.0. The highest BCUT2D eigenvalue weighted by Gasteiger charge is 2.27. The van der Waals surface area contributed by atoms with Gasteiger partial charge in [-0.1, -0.05) is 36.4 Å². The molecule has 27 heavy (non-hydrogen) atoms. The Kier molecular flexibility index (Phi) is 5.93. The fourth-order valence-corrected chi connectivity index (χ4v) is 6.21. The molecule has 0 aliphatic heterocycles. The first-order valence-electron chi connectivity index (χ1n) is 8.16. The topological polar surface area (TPSA) is 84.4 Å². The molecule has 0 radical (unpaired) electrons. The molecule has 0 aliphatic carbocycles. The number of hydrogen-bond donors (Lipinski definition) is 0. The molecular weight excluding hydrogens is 404 g/mol. The van der Waals surface area contributed by atoms with Gasteiger partial charge in [0, 0.05) is 18.1 Å². The van der Waals surface area contributed by atoms with Crippen LogP contribution >= 0.6 is 11.3 Å². The van der Waals surface area contributed by atoms with E-state index in [0.29, 0.717) is 5.13 Å². The highest BCUT2D eigenvalue weighted by atomic mass is 32.2. The van der Waals surface area contributed by atoms with Gasteiger partial charge in [-0.05, 0) is 30.7 Å². The summed E-state index contributed by atoms with van der Waals surface area (Å²) < 4.78 is 52.1. The van der Waals surface area contributed by atoms with Crippen LogP contribution in [0.4, 0.5) is 5.13 Å². The summed E-state index contributed by atoms with van der Waals surface area (Å²) in [6, 6.07) is 16.2. The molecule has 3 rings (SSSR count). The van der Waals surface area contributed by atoms with E-state index in [1.807, 2.05) is 0 Å². The third kappa shape index (κ3) is 4.55. The molecule has 0 unspecified atom stereocenters. The minimum absolute atomic E-state index is 0.0246. The molecule has 0 N–H and O–H groups in total. The number of sulfone groups is 1. The molecule has 0 fully saturated rings. The zero-order valence-corrected chi connectivity index (χ0v) is 16.8. The van der Waals surface area contributed by atoms with Crippen molar-refractivity contribution in [1.82, 2.24) is 4.98 Å². The minimum Gasteiger partial charge on any atom is -0.241 e. The Hall–Kier alpha value is -2.23. The number of rotatable bonds is 8. The van der Waals surface area contributed by atoms with E-state index in [2.05, 4.69) is 4.98 Å². The second-order valence-corrected chi connectivity index (χ2v) is 10.5. The maximum atomic E-state index is 13.0. The van der Waals surface area contributed by atoms with Crippen LogP contribution in [0.25, 0.3) is 0 Å². The van der Waals surface area contributed by atoms with Gasteiger partial charge in [0.15, 0.2) is 15.0 Å². The highest BCUT2D eigenvalue weighted by molar-refractivity contribution is 7.93. The first-order chi connectivity index (χ1) is 12.9. The predicted molar refractivity (Wildman–Crippen MR) is 106 cm³/mol. The zero-order chi connectivity index (χ0) is 19.3. The van der Waals surface area contributed by atoms with Crippen molar-refractivity contribution >= 4 is 36.3 Å². The molecule has 142 valence electrons. The van der Waals surface area contributed by atoms with Crippen molar-refractivity contribution in [3.63, 3.8) is 0 Å². The monoisotopic (exact) mass is 422 g/mol. The van der Waals surface area contributed by atoms with E-state index in [-0.39, 0.29) is 28.5 Å². The Morgan fingerprint density at radius 2 is 1.44 bits per heavy atom. The Bertz CT molecular complexity index is 1070. The largest absolute Gasteiger partial charge is 0.266 e. The number of benzene rings is 2. The molecule has 0 amide bonds. The van der Waals surface area contributed by atoms with E-state index < -0.39 is 19.9 Å². The number of nitrogens with zero attached hydrogens (tertiary/aromatic N) is 2. The average molecular weight is 423 g/mol. The van der Waals surface area contributed by atoms with Crippen LogP contribution in [-0.2, 0) is 19.9 Å². The Labute approximate surface area is 163 Å². The molecule has 1 heterocycles. The van der Waals surface area contributed by atoms with Gasteiger partial charge in [0.25, 0.3) is 10.0 Å². The normalized spacial score (nSPS) is 12.0. The third-order valence-corrected chi connectivity index (χ3v) is 8.37. The van der Waals surface area contributed by atoms with E-state index in [0.717, 1.165) is 0 Å². The van der Waals surface area contributed by atoms with E-state index in [4.69, 9.17) is 0 Å². The fraction of sp³-hybridized carbons (Fsp3) is 0.167. The molecule has 3 aromatic rings. The first kappa shape index (κ1) is 19.5. The standard InChI is InChI=1S/C18H18N2O4S3/c21-26(22,16-8-3-1-4-9-16)15-7-13-20(18-19-12-14-25-18)27(23,24)17-10-5-2-6-11-17/h1-6,8-12,14H,7,13,15H2. The van der Waals surface area contributed by atoms with Crippen LogP contribution < -0.4 is 4.31 Å². The lowest BCUT2D eigenvalue weighted by Gasteiger charge is -2.21. The molecule has 0 bridgehead atoms. The van der Waals surface area contributed by atoms with E-state index >= 15 is 0 Å². The lowest BCUT2D eigenvalue weighted by Crippen LogP contribution is -2.33. The molecule has 0 saturated heterocycles. The molecule has 1 aromatic heterocycles. The molecule has 0 saturated carbocycles. The van der Waals surface area contributed by atoms with Gasteiger partial charge in [-0.15, -0.1) is 11.3 Å². The van der Waals surface area contributed by atoms with Gasteiger partial charge in [-0.2, -0.15) is 0 Å². The summed E-state index contributed by atoms with van der Waals surface area (Å²) in [5.41, 5.74) is 0. The lowest BCUT2D eigenvalue weighted by molar-refractivity contribution is 0.584. The van der Waals surface area contributed by atoms with Crippen molar-refractivity contribution < 1.29 is 16.8 Å². The summed E-state index contributed by atoms with van der Waals surface area (Å²) in [6.45, 7) is 0.0246. The van der Waals surface area contributed by atoms with E-state index in [9.17, 15) is 16.8 Å². The molecule has 9 heteroatoms. The van der Waals surface area contributed by atoms with Crippen molar-refractivity contribution in [1.29, 1.82) is 0 Å². The van der Waals surface area contributed by atoms with Crippen molar-refractivity contribution in [3.05, 3.63) is 72.2 Å². The quantitative estimate of drug-likeness (QED) is 0.557. The van der Waals surface area contributed by atoms with Crippen LogP contribution in [-0.4, -0.2) is 34.1 Å². The van der Waals surface area contributed by atoms with E-state index in [1.165, 1.54) is 46.1 Å². The molecule has 0 aliphatic rings. The highest BCUT2D eigenvalue weighted by Crippen LogP contribution is 2.26. The number of sulfonamides is 1. The summed E-state index contributed by atoms with van der Waals surface area (Å²) >= 11 is 1.19. The number of aromatic nitrogens is 1. The van der Waals surface area contributed by atoms with Gasteiger partial charge >= 0.3 is 0 Å². The van der Waals surface area contributed by atoms with Gasteiger partial charge in [-0.25, -0.2) is 26.1 Å². The second kappa shape index (κ2) is 8.20. The van der Waals surface area contributed by atoms with E-state index in [1.54, 1.807) is 41.8 Å². The Balaban J connectivity index is 1.80. The SMILES string of the molecule is O=S(=O)(CCCN(c1nccs1)S(=O)(=O)c1ccccc1)c1ccccc1. The predicted octanol–water partition coefficient (Wildman–Crippen LogP) is 3.20. The first-order valence-corrected chi connectivity index (χ1v) is 12.1. The van der Waals surface area contributed by atoms with Crippen molar-refractivity contribution in [2.75, 3.05) is 16.6 Å². The van der Waals surface area contributed by atoms with Crippen molar-refractivity contribution in [2.24, 2.45) is 0 Å². The number of hydrogen-bond acceptors (Lipinski definition) is 6. The van der Waals surface area contributed by atoms with Crippen LogP contribution in [0.5, 0.6) is 0 Å². The smallest absolute Gasteiger partial charge is 0.241 e. The molecular formula is C18H18N2O4S3. The Morgan fingerprint density at radius 3 is 2.00 bits per heavy atom. The van der Waals surface area contributed by atoms with Gasteiger partial charge < -0.3 is 0 Å². The summed E-state index contributed by atoms with van der Waals surface area (Å²) in [5.74, 6) is -0.150. The summed E-state index contributed by atoms with van der Waals surface area (Å²) in [4.78, 5) is 4.48. The lowest BCUT2D eigenvalue weighted by atomic mass is 10.4. The van der Waals surface area contributed by atoms with Crippen LogP contribution in [0, 0.1) is 0 Å². The molecule has 0 spiro atoms. The van der Waals surface area contributed by atoms with Crippen LogP contribution in [0.2, 0.25) is 0 Å². The zero-order valence-electron chi connectivity index (χ0n) is 14.3. The van der Waals surface area contributed by atoms with Crippen LogP contribution in [0.15, 0.2) is 82.0 Å². The third-order valence-electron chi connectivity index (χ3n) is 3.84. The van der Waals surface area contributed by atoms with Crippen molar-refractivity contribution in [3.8, 4) is 0 Å². The maximum Gasteiger partial charge on any atom is 0.266 e. The van der Waals surface area contributed by atoms with Crippen LogP contribution in [0.3, 0.4) is 0 Å². The van der Waals surface area contributed by atoms with Gasteiger partial charge in [0.1, 0.15) is 0 Å². The van der Waals surface area contributed by atoms with Crippen LogP contribution in [0.1, 0.15) is 6.42 Å². The molecule has 0 atom stereocenters. The summed E-state index contributed by atoms with van der Waals surface area (Å²) in [7, 11) is -7.29.